The number of unbranched alkanes of at least 4 members (excludes halogenated alkanes) is 1. The van der Waals surface area contributed by atoms with E-state index in [4.69, 9.17) is 5.73 Å². The molecule has 4 aromatic rings. The van der Waals surface area contributed by atoms with Crippen LogP contribution in [0.2, 0.25) is 0 Å². The maximum atomic E-state index is 13.8. The fourth-order valence-electron chi connectivity index (χ4n) is 3.40. The fraction of sp³-hybridized carbons (Fsp3) is 0.182. The number of benzene rings is 2. The van der Waals surface area contributed by atoms with Crippen molar-refractivity contribution in [3.05, 3.63) is 65.9 Å². The Balaban J connectivity index is 1.81. The van der Waals surface area contributed by atoms with Crippen LogP contribution in [0.1, 0.15) is 23.2 Å². The summed E-state index contributed by atoms with van der Waals surface area (Å²) in [6.45, 7) is 1.07. The molecule has 4 rings (SSSR count). The number of pyridine rings is 1. The zero-order valence-corrected chi connectivity index (χ0v) is 15.6. The molecule has 0 unspecified atom stereocenters. The summed E-state index contributed by atoms with van der Waals surface area (Å²) in [5.41, 5.74) is 8.12. The summed E-state index contributed by atoms with van der Waals surface area (Å²) in [5, 5.41) is 4.22. The van der Waals surface area contributed by atoms with E-state index in [2.05, 4.69) is 15.3 Å². The molecule has 0 aliphatic heterocycles. The molecule has 2 aromatic heterocycles. The average molecular weight is 394 g/mol. The van der Waals surface area contributed by atoms with Gasteiger partial charge in [0.05, 0.1) is 16.8 Å². The minimum Gasteiger partial charge on any atom is -0.360 e. The molecule has 0 atom stereocenters. The Morgan fingerprint density at radius 2 is 1.79 bits per heavy atom. The lowest BCUT2D eigenvalue weighted by molar-refractivity contribution is 0.0954. The second kappa shape index (κ2) is 7.97. The first-order chi connectivity index (χ1) is 14.1. The third kappa shape index (κ3) is 3.82. The SMILES string of the molecule is NCCCCNC(=O)c1cc(-c2c[nH]c3cc(F)ccc23)nc2cc(F)ccc12. The Kier molecular flexibility index (Phi) is 5.22. The van der Waals surface area contributed by atoms with Gasteiger partial charge >= 0.3 is 0 Å². The van der Waals surface area contributed by atoms with Gasteiger partial charge in [-0.1, -0.05) is 0 Å². The maximum Gasteiger partial charge on any atom is 0.252 e. The summed E-state index contributed by atoms with van der Waals surface area (Å²) >= 11 is 0. The normalized spacial score (nSPS) is 11.3. The number of H-pyrrole nitrogens is 1. The highest BCUT2D eigenvalue weighted by Crippen LogP contribution is 2.31. The molecule has 148 valence electrons. The van der Waals surface area contributed by atoms with E-state index in [9.17, 15) is 13.6 Å². The molecule has 2 heterocycles. The molecule has 7 heteroatoms. The molecule has 0 bridgehead atoms. The number of hydrogen-bond acceptors (Lipinski definition) is 3. The van der Waals surface area contributed by atoms with Gasteiger partial charge in [-0.3, -0.25) is 4.79 Å². The number of carbonyl (C=O) groups excluding carboxylic acids is 1. The highest BCUT2D eigenvalue weighted by Gasteiger charge is 2.16. The van der Waals surface area contributed by atoms with Crippen LogP contribution in [0.4, 0.5) is 8.78 Å². The fourth-order valence-corrected chi connectivity index (χ4v) is 3.40. The van der Waals surface area contributed by atoms with Crippen molar-refractivity contribution in [2.24, 2.45) is 5.73 Å². The summed E-state index contributed by atoms with van der Waals surface area (Å²) in [5.74, 6) is -1.04. The van der Waals surface area contributed by atoms with E-state index in [1.165, 1.54) is 24.3 Å². The third-order valence-electron chi connectivity index (χ3n) is 4.85. The van der Waals surface area contributed by atoms with Crippen LogP contribution in [0.5, 0.6) is 0 Å². The van der Waals surface area contributed by atoms with Gasteiger partial charge in [-0.15, -0.1) is 0 Å². The number of nitrogens with one attached hydrogen (secondary N) is 2. The lowest BCUT2D eigenvalue weighted by Gasteiger charge is -2.10. The lowest BCUT2D eigenvalue weighted by Crippen LogP contribution is -2.25. The van der Waals surface area contributed by atoms with E-state index in [1.54, 1.807) is 24.4 Å². The predicted molar refractivity (Wildman–Crippen MR) is 110 cm³/mol. The molecular formula is C22H20F2N4O. The molecule has 0 aliphatic carbocycles. The Hall–Kier alpha value is -3.32. The van der Waals surface area contributed by atoms with Crippen molar-refractivity contribution in [2.75, 3.05) is 13.1 Å². The smallest absolute Gasteiger partial charge is 0.252 e. The molecule has 0 spiro atoms. The van der Waals surface area contributed by atoms with Crippen LogP contribution in [0.15, 0.2) is 48.7 Å². The van der Waals surface area contributed by atoms with Crippen LogP contribution < -0.4 is 11.1 Å². The van der Waals surface area contributed by atoms with E-state index >= 15 is 0 Å². The molecule has 0 radical (unpaired) electrons. The van der Waals surface area contributed by atoms with Crippen LogP contribution in [0, 0.1) is 11.6 Å². The molecule has 2 aromatic carbocycles. The van der Waals surface area contributed by atoms with E-state index in [1.807, 2.05) is 0 Å². The van der Waals surface area contributed by atoms with Crippen molar-refractivity contribution in [3.8, 4) is 11.3 Å². The monoisotopic (exact) mass is 394 g/mol. The second-order valence-corrected chi connectivity index (χ2v) is 6.86. The Morgan fingerprint density at radius 3 is 2.59 bits per heavy atom. The number of fused-ring (bicyclic) bond motifs is 2. The highest BCUT2D eigenvalue weighted by atomic mass is 19.1. The van der Waals surface area contributed by atoms with Gasteiger partial charge in [0, 0.05) is 40.7 Å². The van der Waals surface area contributed by atoms with Crippen LogP contribution in [0.3, 0.4) is 0 Å². The summed E-state index contributed by atoms with van der Waals surface area (Å²) in [4.78, 5) is 20.4. The summed E-state index contributed by atoms with van der Waals surface area (Å²) in [6, 6.07) is 10.3. The number of halogens is 2. The Bertz CT molecular complexity index is 1200. The molecule has 0 aliphatic rings. The Labute approximate surface area is 165 Å². The second-order valence-electron chi connectivity index (χ2n) is 6.86. The first kappa shape index (κ1) is 19.0. The van der Waals surface area contributed by atoms with Crippen molar-refractivity contribution in [2.45, 2.75) is 12.8 Å². The number of amides is 1. The number of aromatic nitrogens is 2. The molecule has 0 saturated heterocycles. The lowest BCUT2D eigenvalue weighted by atomic mass is 10.0. The molecule has 5 nitrogen and oxygen atoms in total. The molecule has 29 heavy (non-hydrogen) atoms. The molecule has 0 saturated carbocycles. The first-order valence-electron chi connectivity index (χ1n) is 9.42. The summed E-state index contributed by atoms with van der Waals surface area (Å²) in [7, 11) is 0. The molecule has 0 fully saturated rings. The topological polar surface area (TPSA) is 83.8 Å². The number of rotatable bonds is 6. The van der Waals surface area contributed by atoms with E-state index in [-0.39, 0.29) is 11.7 Å². The largest absolute Gasteiger partial charge is 0.360 e. The molecular weight excluding hydrogens is 374 g/mol. The van der Waals surface area contributed by atoms with Gasteiger partial charge in [-0.05, 0) is 55.8 Å². The number of nitrogens with zero attached hydrogens (tertiary/aromatic N) is 1. The van der Waals surface area contributed by atoms with Crippen molar-refractivity contribution in [3.63, 3.8) is 0 Å². The zero-order chi connectivity index (χ0) is 20.4. The predicted octanol–water partition coefficient (Wildman–Crippen LogP) is 4.13. The average Bonchev–Trinajstić information content (AvgIpc) is 3.13. The van der Waals surface area contributed by atoms with Gasteiger partial charge in [0.25, 0.3) is 5.91 Å². The minimum absolute atomic E-state index is 0.256. The first-order valence-corrected chi connectivity index (χ1v) is 9.42. The summed E-state index contributed by atoms with van der Waals surface area (Å²) < 4.78 is 27.3. The zero-order valence-electron chi connectivity index (χ0n) is 15.6. The van der Waals surface area contributed by atoms with Crippen molar-refractivity contribution in [1.29, 1.82) is 0 Å². The van der Waals surface area contributed by atoms with Crippen molar-refractivity contribution in [1.82, 2.24) is 15.3 Å². The third-order valence-corrected chi connectivity index (χ3v) is 4.85. The van der Waals surface area contributed by atoms with E-state index in [0.717, 1.165) is 18.2 Å². The van der Waals surface area contributed by atoms with Gasteiger partial charge in [-0.2, -0.15) is 0 Å². The van der Waals surface area contributed by atoms with Crippen molar-refractivity contribution >= 4 is 27.7 Å². The van der Waals surface area contributed by atoms with Crippen LogP contribution >= 0.6 is 0 Å². The van der Waals surface area contributed by atoms with Crippen molar-refractivity contribution < 1.29 is 13.6 Å². The molecule has 1 amide bonds. The summed E-state index contributed by atoms with van der Waals surface area (Å²) in [6.07, 6.45) is 3.31. The van der Waals surface area contributed by atoms with E-state index in [0.29, 0.717) is 46.3 Å². The highest BCUT2D eigenvalue weighted by molar-refractivity contribution is 6.08. The standard InChI is InChI=1S/C22H20F2N4O/c23-13-4-6-16-18(12-27-19(16)9-13)21-11-17(22(29)26-8-2-1-7-25)15-5-3-14(24)10-20(15)28-21/h3-6,9-12,27H,1-2,7-8,25H2,(H,26,29). The van der Waals surface area contributed by atoms with Crippen LogP contribution in [-0.2, 0) is 0 Å². The van der Waals surface area contributed by atoms with Gasteiger partial charge in [-0.25, -0.2) is 13.8 Å². The quantitative estimate of drug-likeness (QED) is 0.430. The minimum atomic E-state index is -0.433. The number of carbonyl (C=O) groups is 1. The Morgan fingerprint density at radius 1 is 1.03 bits per heavy atom. The number of aromatic amines is 1. The van der Waals surface area contributed by atoms with Gasteiger partial charge in [0.1, 0.15) is 11.6 Å². The van der Waals surface area contributed by atoms with Crippen LogP contribution in [0.25, 0.3) is 33.1 Å². The van der Waals surface area contributed by atoms with Crippen LogP contribution in [-0.4, -0.2) is 29.0 Å². The number of nitrogens with two attached hydrogens (primary N) is 1. The van der Waals surface area contributed by atoms with Gasteiger partial charge in [0.15, 0.2) is 0 Å². The number of hydrogen-bond donors (Lipinski definition) is 3. The maximum absolute atomic E-state index is 13.8. The van der Waals surface area contributed by atoms with Gasteiger partial charge in [0.2, 0.25) is 0 Å². The van der Waals surface area contributed by atoms with E-state index < -0.39 is 5.82 Å². The molecule has 4 N–H and O–H groups in total. The van der Waals surface area contributed by atoms with Gasteiger partial charge < -0.3 is 16.0 Å².